The second-order valence-corrected chi connectivity index (χ2v) is 5.95. The lowest BCUT2D eigenvalue weighted by Gasteiger charge is -2.18. The second-order valence-electron chi connectivity index (χ2n) is 4.83. The van der Waals surface area contributed by atoms with E-state index < -0.39 is 6.36 Å². The number of ether oxygens (including phenoxy) is 1. The first-order valence-electron chi connectivity index (χ1n) is 5.67. The first-order valence-corrected chi connectivity index (χ1v) is 6.12. The van der Waals surface area contributed by atoms with Crippen LogP contribution < -0.4 is 4.74 Å². The van der Waals surface area contributed by atoms with Gasteiger partial charge in [0.2, 0.25) is 0 Å². The van der Waals surface area contributed by atoms with Crippen LogP contribution in [0.5, 0.6) is 5.75 Å². The number of alkyl halides is 3. The Morgan fingerprint density at radius 2 is 1.58 bits per heavy atom. The highest BCUT2D eigenvalue weighted by Crippen LogP contribution is 2.32. The Bertz CT molecular complexity index is 600. The molecule has 2 aromatic rings. The largest absolute Gasteiger partial charge is 0.573 e. The van der Waals surface area contributed by atoms with Crippen LogP contribution in [0.25, 0.3) is 10.8 Å². The molecular weight excluding hydrogens is 273 g/mol. The highest BCUT2D eigenvalue weighted by molar-refractivity contribution is 7.81. The predicted molar refractivity (Wildman–Crippen MR) is 72.6 cm³/mol. The number of halogens is 3. The molecule has 0 amide bonds. The van der Waals surface area contributed by atoms with Gasteiger partial charge in [-0.2, -0.15) is 12.6 Å². The number of benzene rings is 2. The van der Waals surface area contributed by atoms with Crippen molar-refractivity contribution in [2.24, 2.45) is 0 Å². The van der Waals surface area contributed by atoms with Gasteiger partial charge in [-0.1, -0.05) is 18.2 Å². The fraction of sp³-hybridized carbons (Fsp3) is 0.286. The number of rotatable bonds is 2. The molecule has 0 aromatic heterocycles. The molecule has 5 heteroatoms. The predicted octanol–water partition coefficient (Wildman–Crippen LogP) is 4.90. The van der Waals surface area contributed by atoms with Crippen LogP contribution in [0.15, 0.2) is 36.4 Å². The van der Waals surface area contributed by atoms with Gasteiger partial charge in [-0.15, -0.1) is 13.2 Å². The van der Waals surface area contributed by atoms with Crippen LogP contribution in [0.1, 0.15) is 19.4 Å². The van der Waals surface area contributed by atoms with Crippen LogP contribution in [-0.2, 0) is 4.75 Å². The Labute approximate surface area is 114 Å². The first-order chi connectivity index (χ1) is 8.65. The maximum atomic E-state index is 12.2. The SMILES string of the molecule is CC(C)(S)c1ccc2ccc(OC(F)(F)F)cc2c1. The number of hydrogen-bond donors (Lipinski definition) is 1. The molecule has 0 spiro atoms. The molecule has 0 N–H and O–H groups in total. The molecule has 0 saturated carbocycles. The van der Waals surface area contributed by atoms with Gasteiger partial charge in [0.1, 0.15) is 5.75 Å². The normalized spacial score (nSPS) is 12.7. The topological polar surface area (TPSA) is 9.23 Å². The van der Waals surface area contributed by atoms with Gasteiger partial charge >= 0.3 is 6.36 Å². The molecule has 19 heavy (non-hydrogen) atoms. The van der Waals surface area contributed by atoms with Crippen LogP contribution in [0, 0.1) is 0 Å². The molecule has 2 aromatic carbocycles. The number of thiol groups is 1. The Morgan fingerprint density at radius 1 is 0.947 bits per heavy atom. The smallest absolute Gasteiger partial charge is 0.406 e. The Hall–Kier alpha value is -1.36. The van der Waals surface area contributed by atoms with Crippen LogP contribution in [-0.4, -0.2) is 6.36 Å². The van der Waals surface area contributed by atoms with Crippen LogP contribution in [0.3, 0.4) is 0 Å². The van der Waals surface area contributed by atoms with Crippen molar-refractivity contribution >= 4 is 23.4 Å². The molecule has 0 atom stereocenters. The van der Waals surface area contributed by atoms with Crippen molar-refractivity contribution in [3.8, 4) is 5.75 Å². The summed E-state index contributed by atoms with van der Waals surface area (Å²) in [6.45, 7) is 3.85. The van der Waals surface area contributed by atoms with E-state index in [-0.39, 0.29) is 10.5 Å². The third-order valence-corrected chi connectivity index (χ3v) is 3.01. The van der Waals surface area contributed by atoms with Crippen molar-refractivity contribution in [3.63, 3.8) is 0 Å². The summed E-state index contributed by atoms with van der Waals surface area (Å²) >= 11 is 4.45. The summed E-state index contributed by atoms with van der Waals surface area (Å²) in [6, 6.07) is 9.89. The average Bonchev–Trinajstić information content (AvgIpc) is 2.24. The molecule has 0 unspecified atom stereocenters. The van der Waals surface area contributed by atoms with Crippen LogP contribution in [0.2, 0.25) is 0 Å². The minimum absolute atomic E-state index is 0.214. The molecule has 0 aliphatic rings. The maximum Gasteiger partial charge on any atom is 0.573 e. The van der Waals surface area contributed by atoms with Gasteiger partial charge in [0.25, 0.3) is 0 Å². The summed E-state index contributed by atoms with van der Waals surface area (Å²) in [7, 11) is 0. The van der Waals surface area contributed by atoms with E-state index in [0.717, 1.165) is 10.9 Å². The Kier molecular flexibility index (Phi) is 3.43. The van der Waals surface area contributed by atoms with Crippen molar-refractivity contribution in [3.05, 3.63) is 42.0 Å². The number of hydrogen-bond acceptors (Lipinski definition) is 2. The van der Waals surface area contributed by atoms with Gasteiger partial charge in [0.05, 0.1) is 0 Å². The zero-order valence-electron chi connectivity index (χ0n) is 10.5. The van der Waals surface area contributed by atoms with E-state index in [1.807, 2.05) is 32.0 Å². The van der Waals surface area contributed by atoms with Gasteiger partial charge in [-0.3, -0.25) is 0 Å². The van der Waals surface area contributed by atoms with Crippen molar-refractivity contribution in [1.29, 1.82) is 0 Å². The Morgan fingerprint density at radius 3 is 2.16 bits per heavy atom. The monoisotopic (exact) mass is 286 g/mol. The minimum Gasteiger partial charge on any atom is -0.406 e. The zero-order valence-corrected chi connectivity index (χ0v) is 11.3. The quantitative estimate of drug-likeness (QED) is 0.772. The highest BCUT2D eigenvalue weighted by Gasteiger charge is 2.31. The van der Waals surface area contributed by atoms with Gasteiger partial charge in [0, 0.05) is 4.75 Å². The summed E-state index contributed by atoms with van der Waals surface area (Å²) in [5, 5.41) is 1.55. The third-order valence-electron chi connectivity index (χ3n) is 2.75. The van der Waals surface area contributed by atoms with E-state index in [9.17, 15) is 13.2 Å². The summed E-state index contributed by atoms with van der Waals surface area (Å²) in [5.41, 5.74) is 0.937. The molecular formula is C14H13F3OS. The fourth-order valence-corrected chi connectivity index (χ4v) is 1.94. The molecule has 0 bridgehead atoms. The van der Waals surface area contributed by atoms with Crippen molar-refractivity contribution in [2.45, 2.75) is 25.0 Å². The van der Waals surface area contributed by atoms with Gasteiger partial charge < -0.3 is 4.74 Å². The lowest BCUT2D eigenvalue weighted by molar-refractivity contribution is -0.274. The lowest BCUT2D eigenvalue weighted by Crippen LogP contribution is -2.17. The summed E-state index contributed by atoms with van der Waals surface area (Å²) in [4.78, 5) is 0. The van der Waals surface area contributed by atoms with E-state index in [2.05, 4.69) is 17.4 Å². The summed E-state index contributed by atoms with van der Waals surface area (Å²) in [6.07, 6.45) is -4.67. The van der Waals surface area contributed by atoms with Crippen LogP contribution in [0.4, 0.5) is 13.2 Å². The Balaban J connectivity index is 2.46. The second kappa shape index (κ2) is 4.63. The molecule has 0 radical (unpaired) electrons. The van der Waals surface area contributed by atoms with E-state index in [1.165, 1.54) is 12.1 Å². The van der Waals surface area contributed by atoms with Crippen molar-refractivity contribution in [2.75, 3.05) is 0 Å². The molecule has 0 heterocycles. The zero-order chi connectivity index (χ0) is 14.3. The van der Waals surface area contributed by atoms with E-state index in [0.29, 0.717) is 5.39 Å². The fourth-order valence-electron chi connectivity index (χ4n) is 1.80. The molecule has 0 aliphatic heterocycles. The highest BCUT2D eigenvalue weighted by atomic mass is 32.1. The average molecular weight is 286 g/mol. The minimum atomic E-state index is -4.67. The first kappa shape index (κ1) is 14.1. The van der Waals surface area contributed by atoms with Gasteiger partial charge in [-0.25, -0.2) is 0 Å². The standard InChI is InChI=1S/C14H13F3OS/c1-13(2,19)11-5-3-9-4-6-12(8-10(9)7-11)18-14(15,16)17/h3-8,19H,1-2H3. The van der Waals surface area contributed by atoms with E-state index >= 15 is 0 Å². The number of fused-ring (bicyclic) bond motifs is 1. The molecule has 1 nitrogen and oxygen atoms in total. The van der Waals surface area contributed by atoms with Crippen LogP contribution >= 0.6 is 12.6 Å². The lowest BCUT2D eigenvalue weighted by atomic mass is 9.98. The molecule has 0 aliphatic carbocycles. The van der Waals surface area contributed by atoms with Crippen molar-refractivity contribution < 1.29 is 17.9 Å². The van der Waals surface area contributed by atoms with Gasteiger partial charge in [-0.05, 0) is 48.4 Å². The molecule has 0 saturated heterocycles. The van der Waals surface area contributed by atoms with E-state index in [1.54, 1.807) is 6.07 Å². The third kappa shape index (κ3) is 3.56. The van der Waals surface area contributed by atoms with E-state index in [4.69, 9.17) is 0 Å². The molecule has 102 valence electrons. The van der Waals surface area contributed by atoms with Crippen molar-refractivity contribution in [1.82, 2.24) is 0 Å². The summed E-state index contributed by atoms with van der Waals surface area (Å²) < 4.78 is 40.1. The van der Waals surface area contributed by atoms with Gasteiger partial charge in [0.15, 0.2) is 0 Å². The molecule has 2 rings (SSSR count). The maximum absolute atomic E-state index is 12.2. The molecule has 0 fully saturated rings. The summed E-state index contributed by atoms with van der Waals surface area (Å²) in [5.74, 6) is -0.214.